The monoisotopic (exact) mass is 310 g/mol. The molecule has 2 aromatic carbocycles. The molecule has 0 spiro atoms. The van der Waals surface area contributed by atoms with Gasteiger partial charge in [-0.25, -0.2) is 0 Å². The lowest BCUT2D eigenvalue weighted by Crippen LogP contribution is -2.09. The molecule has 0 saturated carbocycles. The van der Waals surface area contributed by atoms with E-state index in [1.807, 2.05) is 0 Å². The van der Waals surface area contributed by atoms with Crippen LogP contribution in [0.2, 0.25) is 0 Å². The van der Waals surface area contributed by atoms with Crippen LogP contribution in [0.25, 0.3) is 11.1 Å². The summed E-state index contributed by atoms with van der Waals surface area (Å²) in [6, 6.07) is 17.8. The maximum atomic E-state index is 5.17. The first kappa shape index (κ1) is 17.7. The van der Waals surface area contributed by atoms with Gasteiger partial charge in [0, 0.05) is 7.11 Å². The van der Waals surface area contributed by atoms with Crippen molar-refractivity contribution in [1.82, 2.24) is 0 Å². The quantitative estimate of drug-likeness (QED) is 0.584. The number of methoxy groups -OCH3 is 1. The summed E-state index contributed by atoms with van der Waals surface area (Å²) < 4.78 is 5.17. The van der Waals surface area contributed by atoms with Crippen molar-refractivity contribution in [3.8, 4) is 11.1 Å². The van der Waals surface area contributed by atoms with E-state index in [1.165, 1.54) is 28.7 Å². The molecular formula is C22H30O. The molecule has 0 saturated heterocycles. The number of ether oxygens (including phenoxy) is 1. The lowest BCUT2D eigenvalue weighted by molar-refractivity contribution is 0.185. The predicted octanol–water partition coefficient (Wildman–Crippen LogP) is 6.29. The molecule has 0 bridgehead atoms. The molecule has 124 valence electrons. The van der Waals surface area contributed by atoms with Crippen LogP contribution in [-0.4, -0.2) is 7.11 Å². The SMILES string of the molecule is COCc1ccc(-c2ccc([C@H](CC(C)C)C(C)C)cc2)cc1. The summed E-state index contributed by atoms with van der Waals surface area (Å²) >= 11 is 0. The van der Waals surface area contributed by atoms with Gasteiger partial charge >= 0.3 is 0 Å². The van der Waals surface area contributed by atoms with E-state index in [-0.39, 0.29) is 0 Å². The zero-order valence-electron chi connectivity index (χ0n) is 15.2. The van der Waals surface area contributed by atoms with E-state index >= 15 is 0 Å². The molecule has 0 heterocycles. The number of benzene rings is 2. The maximum absolute atomic E-state index is 5.17. The Morgan fingerprint density at radius 3 is 1.74 bits per heavy atom. The average Bonchev–Trinajstić information content (AvgIpc) is 2.53. The average molecular weight is 310 g/mol. The first-order valence-electron chi connectivity index (χ1n) is 8.69. The van der Waals surface area contributed by atoms with Gasteiger partial charge in [-0.3, -0.25) is 0 Å². The molecule has 1 atom stereocenters. The van der Waals surface area contributed by atoms with Gasteiger partial charge < -0.3 is 4.74 Å². The zero-order valence-corrected chi connectivity index (χ0v) is 15.2. The topological polar surface area (TPSA) is 9.23 Å². The molecule has 23 heavy (non-hydrogen) atoms. The highest BCUT2D eigenvalue weighted by molar-refractivity contribution is 5.64. The normalized spacial score (nSPS) is 12.8. The van der Waals surface area contributed by atoms with E-state index in [4.69, 9.17) is 4.74 Å². The first-order valence-corrected chi connectivity index (χ1v) is 8.69. The Kier molecular flexibility index (Phi) is 6.41. The van der Waals surface area contributed by atoms with Crippen LogP contribution in [-0.2, 0) is 11.3 Å². The van der Waals surface area contributed by atoms with Crippen LogP contribution in [0.4, 0.5) is 0 Å². The molecule has 0 unspecified atom stereocenters. The first-order chi connectivity index (χ1) is 11.0. The van der Waals surface area contributed by atoms with Gasteiger partial charge in [0.25, 0.3) is 0 Å². The zero-order chi connectivity index (χ0) is 16.8. The van der Waals surface area contributed by atoms with Crippen molar-refractivity contribution in [2.75, 3.05) is 7.11 Å². The van der Waals surface area contributed by atoms with Crippen molar-refractivity contribution < 1.29 is 4.74 Å². The molecule has 0 N–H and O–H groups in total. The van der Waals surface area contributed by atoms with Crippen LogP contribution in [0.5, 0.6) is 0 Å². The van der Waals surface area contributed by atoms with Gasteiger partial charge in [0.1, 0.15) is 0 Å². The fourth-order valence-electron chi connectivity index (χ4n) is 3.18. The molecular weight excluding hydrogens is 280 g/mol. The van der Waals surface area contributed by atoms with E-state index in [9.17, 15) is 0 Å². The molecule has 2 rings (SSSR count). The number of hydrogen-bond donors (Lipinski definition) is 0. The lowest BCUT2D eigenvalue weighted by Gasteiger charge is -2.23. The smallest absolute Gasteiger partial charge is 0.0713 e. The molecule has 0 aliphatic heterocycles. The Bertz CT molecular complexity index is 578. The van der Waals surface area contributed by atoms with Gasteiger partial charge in [0.05, 0.1) is 6.61 Å². The molecule has 0 amide bonds. The van der Waals surface area contributed by atoms with Crippen molar-refractivity contribution in [2.24, 2.45) is 11.8 Å². The Hall–Kier alpha value is -1.60. The summed E-state index contributed by atoms with van der Waals surface area (Å²) in [5.41, 5.74) is 5.23. The van der Waals surface area contributed by atoms with Crippen LogP contribution >= 0.6 is 0 Å². The number of rotatable bonds is 7. The van der Waals surface area contributed by atoms with Gasteiger partial charge in [0.2, 0.25) is 0 Å². The van der Waals surface area contributed by atoms with Crippen molar-refractivity contribution in [3.05, 3.63) is 59.7 Å². The standard InChI is InChI=1S/C22H30O/c1-16(2)14-22(17(3)4)21-12-10-20(11-13-21)19-8-6-18(7-9-19)15-23-5/h6-13,16-17,22H,14-15H2,1-5H3/t22-/m1/s1. The minimum Gasteiger partial charge on any atom is -0.380 e. The van der Waals surface area contributed by atoms with Gasteiger partial charge in [-0.2, -0.15) is 0 Å². The van der Waals surface area contributed by atoms with Gasteiger partial charge in [0.15, 0.2) is 0 Å². The Balaban J connectivity index is 2.17. The third-order valence-corrected chi connectivity index (χ3v) is 4.47. The third-order valence-electron chi connectivity index (χ3n) is 4.47. The van der Waals surface area contributed by atoms with Crippen LogP contribution in [0.15, 0.2) is 48.5 Å². The third kappa shape index (κ3) is 4.94. The molecule has 2 aromatic rings. The summed E-state index contributed by atoms with van der Waals surface area (Å²) in [5.74, 6) is 2.06. The summed E-state index contributed by atoms with van der Waals surface area (Å²) in [6.45, 7) is 9.95. The second-order valence-corrected chi connectivity index (χ2v) is 7.23. The predicted molar refractivity (Wildman–Crippen MR) is 99.6 cm³/mol. The van der Waals surface area contributed by atoms with Crippen LogP contribution in [0, 0.1) is 11.8 Å². The van der Waals surface area contributed by atoms with Crippen LogP contribution < -0.4 is 0 Å². The lowest BCUT2D eigenvalue weighted by atomic mass is 9.82. The van der Waals surface area contributed by atoms with Crippen molar-refractivity contribution in [1.29, 1.82) is 0 Å². The fraction of sp³-hybridized carbons (Fsp3) is 0.455. The highest BCUT2D eigenvalue weighted by atomic mass is 16.5. The minimum atomic E-state index is 0.646. The second-order valence-electron chi connectivity index (χ2n) is 7.23. The van der Waals surface area contributed by atoms with Crippen molar-refractivity contribution >= 4 is 0 Å². The molecule has 0 aliphatic carbocycles. The summed E-state index contributed by atoms with van der Waals surface area (Å²) in [7, 11) is 1.73. The maximum Gasteiger partial charge on any atom is 0.0713 e. The fourth-order valence-corrected chi connectivity index (χ4v) is 3.18. The largest absolute Gasteiger partial charge is 0.380 e. The highest BCUT2D eigenvalue weighted by Gasteiger charge is 2.17. The van der Waals surface area contributed by atoms with E-state index in [0.717, 1.165) is 5.92 Å². The minimum absolute atomic E-state index is 0.646. The van der Waals surface area contributed by atoms with Crippen LogP contribution in [0.1, 0.15) is 51.2 Å². The van der Waals surface area contributed by atoms with E-state index in [0.29, 0.717) is 18.4 Å². The summed E-state index contributed by atoms with van der Waals surface area (Å²) in [5, 5.41) is 0. The Morgan fingerprint density at radius 2 is 1.30 bits per heavy atom. The van der Waals surface area contributed by atoms with E-state index < -0.39 is 0 Å². The van der Waals surface area contributed by atoms with Gasteiger partial charge in [-0.15, -0.1) is 0 Å². The highest BCUT2D eigenvalue weighted by Crippen LogP contribution is 2.32. The second kappa shape index (κ2) is 8.31. The van der Waals surface area contributed by atoms with Gasteiger partial charge in [-0.1, -0.05) is 76.2 Å². The molecule has 0 aromatic heterocycles. The van der Waals surface area contributed by atoms with E-state index in [1.54, 1.807) is 7.11 Å². The molecule has 0 fully saturated rings. The van der Waals surface area contributed by atoms with E-state index in [2.05, 4.69) is 76.2 Å². The molecule has 0 radical (unpaired) electrons. The molecule has 1 heteroatoms. The molecule has 0 aliphatic rings. The van der Waals surface area contributed by atoms with Crippen molar-refractivity contribution in [3.63, 3.8) is 0 Å². The molecule has 1 nitrogen and oxygen atoms in total. The Morgan fingerprint density at radius 1 is 0.783 bits per heavy atom. The summed E-state index contributed by atoms with van der Waals surface area (Å²) in [6.07, 6.45) is 1.25. The summed E-state index contributed by atoms with van der Waals surface area (Å²) in [4.78, 5) is 0. The van der Waals surface area contributed by atoms with Gasteiger partial charge in [-0.05, 0) is 46.4 Å². The number of hydrogen-bond acceptors (Lipinski definition) is 1. The Labute approximate surface area is 141 Å². The van der Waals surface area contributed by atoms with Crippen LogP contribution in [0.3, 0.4) is 0 Å². The van der Waals surface area contributed by atoms with Crippen molar-refractivity contribution in [2.45, 2.75) is 46.6 Å².